The number of carbonyl (C=O) groups is 2. The number of hydrogen-bond acceptors (Lipinski definition) is 6. The van der Waals surface area contributed by atoms with Crippen molar-refractivity contribution in [2.45, 2.75) is 63.8 Å². The van der Waals surface area contributed by atoms with Crippen LogP contribution in [0.15, 0.2) is 12.1 Å². The Labute approximate surface area is 222 Å². The van der Waals surface area contributed by atoms with Gasteiger partial charge in [-0.15, -0.1) is 0 Å². The Hall–Kier alpha value is -2.95. The van der Waals surface area contributed by atoms with Crippen molar-refractivity contribution in [1.82, 2.24) is 10.2 Å². The molecule has 1 aromatic rings. The number of rotatable bonds is 9. The maximum Gasteiger partial charge on any atom is 0.231 e. The molecule has 2 fully saturated rings. The third-order valence-electron chi connectivity index (χ3n) is 6.74. The number of halogens is 3. The molecule has 2 aliphatic rings. The van der Waals surface area contributed by atoms with Crippen molar-refractivity contribution in [3.63, 3.8) is 0 Å². The van der Waals surface area contributed by atoms with E-state index in [0.717, 1.165) is 51.7 Å². The first-order chi connectivity index (χ1) is 17.7. The van der Waals surface area contributed by atoms with Crippen LogP contribution < -0.4 is 16.0 Å². The summed E-state index contributed by atoms with van der Waals surface area (Å²) >= 11 is 5.71. The minimum Gasteiger partial charge on any atom is -0.369 e. The number of nitriles is 2. The summed E-state index contributed by atoms with van der Waals surface area (Å²) in [5.74, 6) is -1.23. The molecule has 0 aromatic heterocycles. The van der Waals surface area contributed by atoms with E-state index in [9.17, 15) is 18.4 Å². The first-order valence-electron chi connectivity index (χ1n) is 12.7. The van der Waals surface area contributed by atoms with E-state index in [0.29, 0.717) is 44.0 Å². The largest absolute Gasteiger partial charge is 0.369 e. The number of piperazine rings is 1. The van der Waals surface area contributed by atoms with Crippen LogP contribution in [0.4, 0.5) is 14.5 Å². The first kappa shape index (κ1) is 30.3. The lowest BCUT2D eigenvalue weighted by molar-refractivity contribution is -0.122. The zero-order valence-corrected chi connectivity index (χ0v) is 21.8. The molecule has 0 radical (unpaired) electrons. The second-order valence-corrected chi connectivity index (χ2v) is 9.79. The van der Waals surface area contributed by atoms with Crippen LogP contribution in [0.1, 0.15) is 57.8 Å². The molecule has 0 spiro atoms. The van der Waals surface area contributed by atoms with Crippen molar-refractivity contribution in [2.24, 2.45) is 11.7 Å². The summed E-state index contributed by atoms with van der Waals surface area (Å²) in [6.45, 7) is 4.12. The molecule has 11 heteroatoms. The van der Waals surface area contributed by atoms with Crippen LogP contribution in [0.2, 0.25) is 5.02 Å². The fourth-order valence-electron chi connectivity index (χ4n) is 4.64. The lowest BCUT2D eigenvalue weighted by Crippen LogP contribution is -2.47. The molecule has 0 bridgehead atoms. The monoisotopic (exact) mass is 536 g/mol. The van der Waals surface area contributed by atoms with Gasteiger partial charge < -0.3 is 16.0 Å². The number of nitrogens with two attached hydrogens (primary N) is 1. The van der Waals surface area contributed by atoms with Gasteiger partial charge in [0.15, 0.2) is 5.82 Å². The minimum atomic E-state index is -0.727. The van der Waals surface area contributed by atoms with Crippen molar-refractivity contribution in [3.05, 3.63) is 28.8 Å². The molecule has 1 aliphatic heterocycles. The third-order valence-corrected chi connectivity index (χ3v) is 7.09. The number of benzene rings is 1. The van der Waals surface area contributed by atoms with Gasteiger partial charge in [-0.1, -0.05) is 11.6 Å². The molecular weight excluding hydrogens is 502 g/mol. The quantitative estimate of drug-likeness (QED) is 0.364. The van der Waals surface area contributed by atoms with Crippen LogP contribution in [0.5, 0.6) is 0 Å². The summed E-state index contributed by atoms with van der Waals surface area (Å²) < 4.78 is 27.6. The van der Waals surface area contributed by atoms with Crippen LogP contribution >= 0.6 is 11.6 Å². The van der Waals surface area contributed by atoms with Gasteiger partial charge in [-0.25, -0.2) is 8.78 Å². The van der Waals surface area contributed by atoms with Gasteiger partial charge in [-0.3, -0.25) is 14.5 Å². The van der Waals surface area contributed by atoms with Crippen LogP contribution in [0.25, 0.3) is 0 Å². The lowest BCUT2D eigenvalue weighted by atomic mass is 9.84. The molecule has 1 saturated carbocycles. The number of carbonyl (C=O) groups excluding carboxylic acids is 2. The highest BCUT2D eigenvalue weighted by atomic mass is 35.5. The molecule has 3 N–H and O–H groups in total. The Morgan fingerprint density at radius 3 is 2.32 bits per heavy atom. The molecule has 3 rings (SSSR count). The van der Waals surface area contributed by atoms with E-state index in [1.807, 2.05) is 4.90 Å². The van der Waals surface area contributed by atoms with Crippen LogP contribution in [-0.2, 0) is 9.59 Å². The Morgan fingerprint density at radius 1 is 1.08 bits per heavy atom. The predicted molar refractivity (Wildman–Crippen MR) is 137 cm³/mol. The molecule has 202 valence electrons. The van der Waals surface area contributed by atoms with Crippen molar-refractivity contribution in [1.29, 1.82) is 10.5 Å². The van der Waals surface area contributed by atoms with Crippen LogP contribution in [0, 0.1) is 40.2 Å². The topological polar surface area (TPSA) is 126 Å². The van der Waals surface area contributed by atoms with Gasteiger partial charge in [0.25, 0.3) is 0 Å². The maximum atomic E-state index is 14.3. The first-order valence-corrected chi connectivity index (χ1v) is 13.0. The van der Waals surface area contributed by atoms with Crippen molar-refractivity contribution >= 4 is 29.1 Å². The Balaban J connectivity index is 0.000000717. The van der Waals surface area contributed by atoms with E-state index in [2.05, 4.69) is 22.0 Å². The molecule has 0 unspecified atom stereocenters. The van der Waals surface area contributed by atoms with E-state index < -0.39 is 22.6 Å². The third kappa shape index (κ3) is 10.5. The van der Waals surface area contributed by atoms with Gasteiger partial charge in [-0.05, 0) is 63.1 Å². The SMILES string of the molecule is N#CCC(N)=O.N#CCCCC(=O)NC1CCC(CCN2CCN(c3ccc(F)c(Cl)c3F)CC2)CC1. The minimum absolute atomic E-state index is 0.0652. The average molecular weight is 537 g/mol. The molecule has 1 aliphatic carbocycles. The highest BCUT2D eigenvalue weighted by Crippen LogP contribution is 2.30. The van der Waals surface area contributed by atoms with E-state index in [4.69, 9.17) is 22.1 Å². The smallest absolute Gasteiger partial charge is 0.231 e. The summed E-state index contributed by atoms with van der Waals surface area (Å²) in [7, 11) is 0. The van der Waals surface area contributed by atoms with Gasteiger partial charge in [-0.2, -0.15) is 10.5 Å². The molecular formula is C26H35ClF2N6O2. The van der Waals surface area contributed by atoms with E-state index in [-0.39, 0.29) is 18.4 Å². The van der Waals surface area contributed by atoms with Gasteiger partial charge in [0, 0.05) is 45.1 Å². The maximum absolute atomic E-state index is 14.3. The average Bonchev–Trinajstić information content (AvgIpc) is 2.88. The fourth-order valence-corrected chi connectivity index (χ4v) is 4.80. The van der Waals surface area contributed by atoms with Gasteiger partial charge >= 0.3 is 0 Å². The Morgan fingerprint density at radius 2 is 1.76 bits per heavy atom. The van der Waals surface area contributed by atoms with E-state index in [1.165, 1.54) is 12.1 Å². The molecule has 1 saturated heterocycles. The molecule has 2 amide bonds. The molecule has 1 aromatic carbocycles. The second-order valence-electron chi connectivity index (χ2n) is 9.41. The number of anilines is 1. The number of hydrogen-bond donors (Lipinski definition) is 2. The Bertz CT molecular complexity index is 981. The second kappa shape index (κ2) is 16.0. The standard InChI is InChI=1S/C23H31ClF2N4O.C3H4N2O/c24-22-19(25)8-9-20(23(22)26)30-15-13-29(14-16-30)12-10-17-4-6-18(7-5-17)28-21(31)3-1-2-11-27;4-2-1-3(5)6/h8-9,17-18H,1-7,10,12-16H2,(H,28,31);1H2,(H2,5,6). The number of nitrogens with one attached hydrogen (secondary N) is 1. The molecule has 37 heavy (non-hydrogen) atoms. The Kier molecular flexibility index (Phi) is 13.1. The summed E-state index contributed by atoms with van der Waals surface area (Å²) in [5, 5.41) is 18.9. The predicted octanol–water partition coefficient (Wildman–Crippen LogP) is 3.88. The van der Waals surface area contributed by atoms with Crippen molar-refractivity contribution in [3.8, 4) is 12.1 Å². The highest BCUT2D eigenvalue weighted by molar-refractivity contribution is 6.31. The number of primary amides is 1. The summed E-state index contributed by atoms with van der Waals surface area (Å²) in [6.07, 6.45) is 6.75. The summed E-state index contributed by atoms with van der Waals surface area (Å²) in [6, 6.07) is 6.62. The summed E-state index contributed by atoms with van der Waals surface area (Å²) in [5.41, 5.74) is 4.92. The van der Waals surface area contributed by atoms with Crippen LogP contribution in [-0.4, -0.2) is 55.5 Å². The zero-order valence-electron chi connectivity index (χ0n) is 21.0. The van der Waals surface area contributed by atoms with Gasteiger partial charge in [0.2, 0.25) is 11.8 Å². The van der Waals surface area contributed by atoms with Crippen molar-refractivity contribution in [2.75, 3.05) is 37.6 Å². The molecule has 1 heterocycles. The van der Waals surface area contributed by atoms with Crippen molar-refractivity contribution < 1.29 is 18.4 Å². The molecule has 0 atom stereocenters. The van der Waals surface area contributed by atoms with E-state index in [1.54, 1.807) is 6.07 Å². The normalized spacial score (nSPS) is 19.6. The van der Waals surface area contributed by atoms with E-state index >= 15 is 0 Å². The van der Waals surface area contributed by atoms with Gasteiger partial charge in [0.05, 0.1) is 17.8 Å². The highest BCUT2D eigenvalue weighted by Gasteiger charge is 2.25. The van der Waals surface area contributed by atoms with Crippen LogP contribution in [0.3, 0.4) is 0 Å². The zero-order chi connectivity index (χ0) is 27.2. The number of unbranched alkanes of at least 4 members (excludes halogenated alkanes) is 1. The summed E-state index contributed by atoms with van der Waals surface area (Å²) in [4.78, 5) is 25.8. The number of nitrogens with zero attached hydrogens (tertiary/aromatic N) is 4. The lowest BCUT2D eigenvalue weighted by Gasteiger charge is -2.37. The number of amides is 2. The fraction of sp³-hybridized carbons (Fsp3) is 0.615. The van der Waals surface area contributed by atoms with Gasteiger partial charge in [0.1, 0.15) is 17.3 Å². The molecule has 8 nitrogen and oxygen atoms in total.